The maximum absolute atomic E-state index is 12.8. The molecule has 0 unspecified atom stereocenters. The first-order valence-corrected chi connectivity index (χ1v) is 10.1. The van der Waals surface area contributed by atoms with Gasteiger partial charge in [0.1, 0.15) is 0 Å². The zero-order valence-electron chi connectivity index (χ0n) is 17.0. The molecule has 0 aliphatic heterocycles. The Balaban J connectivity index is 1.55. The van der Waals surface area contributed by atoms with Gasteiger partial charge >= 0.3 is 0 Å². The molecular weight excluding hydrogens is 348 g/mol. The largest absolute Gasteiger partial charge is 0.326 e. The van der Waals surface area contributed by atoms with Gasteiger partial charge in [-0.05, 0) is 54.9 Å². The summed E-state index contributed by atoms with van der Waals surface area (Å²) in [4.78, 5) is 25.3. The number of hydrogen-bond donors (Lipinski definition) is 2. The highest BCUT2D eigenvalue weighted by molar-refractivity contribution is 5.95. The molecule has 0 aromatic heterocycles. The molecule has 0 heterocycles. The Morgan fingerprint density at radius 2 is 1.25 bits per heavy atom. The number of hydrogen-bond acceptors (Lipinski definition) is 2. The summed E-state index contributed by atoms with van der Waals surface area (Å²) in [6, 6.07) is 17.5. The first kappa shape index (κ1) is 20.1. The van der Waals surface area contributed by atoms with E-state index in [0.717, 1.165) is 42.6 Å². The van der Waals surface area contributed by atoms with Gasteiger partial charge in [0.05, 0.1) is 0 Å². The zero-order chi connectivity index (χ0) is 20.1. The lowest BCUT2D eigenvalue weighted by Gasteiger charge is -2.28. The molecule has 2 N–H and O–H groups in total. The van der Waals surface area contributed by atoms with Crippen molar-refractivity contribution >= 4 is 23.2 Å². The third-order valence-electron chi connectivity index (χ3n) is 5.50. The predicted octanol–water partition coefficient (Wildman–Crippen LogP) is 5.37. The average Bonchev–Trinajstić information content (AvgIpc) is 2.68. The molecule has 1 fully saturated rings. The highest BCUT2D eigenvalue weighted by atomic mass is 16.2. The van der Waals surface area contributed by atoms with Crippen molar-refractivity contribution in [1.29, 1.82) is 0 Å². The summed E-state index contributed by atoms with van der Waals surface area (Å²) >= 11 is 0. The Labute approximate surface area is 167 Å². The van der Waals surface area contributed by atoms with Crippen LogP contribution in [-0.2, 0) is 15.0 Å². The molecule has 4 nitrogen and oxygen atoms in total. The smallest absolute Gasteiger partial charge is 0.227 e. The van der Waals surface area contributed by atoms with Crippen LogP contribution in [0.3, 0.4) is 0 Å². The molecular formula is C24H30N2O2. The summed E-state index contributed by atoms with van der Waals surface area (Å²) in [6.45, 7) is 6.44. The third-order valence-corrected chi connectivity index (χ3v) is 5.50. The van der Waals surface area contributed by atoms with E-state index in [0.29, 0.717) is 0 Å². The molecule has 0 atom stereocenters. The quantitative estimate of drug-likeness (QED) is 0.752. The summed E-state index contributed by atoms with van der Waals surface area (Å²) in [5.74, 6) is 0.0710. The van der Waals surface area contributed by atoms with Crippen molar-refractivity contribution in [2.75, 3.05) is 10.6 Å². The molecule has 0 spiro atoms. The van der Waals surface area contributed by atoms with Gasteiger partial charge in [-0.1, -0.05) is 57.2 Å². The van der Waals surface area contributed by atoms with Crippen LogP contribution in [0.4, 0.5) is 11.4 Å². The second kappa shape index (κ2) is 8.59. The second-order valence-electron chi connectivity index (χ2n) is 8.69. The number of rotatable bonds is 4. The number of amides is 2. The van der Waals surface area contributed by atoms with Crippen LogP contribution in [0.2, 0.25) is 0 Å². The molecule has 1 saturated carbocycles. The zero-order valence-corrected chi connectivity index (χ0v) is 17.0. The van der Waals surface area contributed by atoms with Crippen molar-refractivity contribution in [2.45, 2.75) is 51.9 Å². The normalized spacial score (nSPS) is 19.7. The van der Waals surface area contributed by atoms with Crippen LogP contribution in [-0.4, -0.2) is 11.8 Å². The van der Waals surface area contributed by atoms with Crippen molar-refractivity contribution in [2.24, 2.45) is 11.8 Å². The molecule has 2 aromatic rings. The van der Waals surface area contributed by atoms with Gasteiger partial charge in [-0.25, -0.2) is 0 Å². The number of carbonyl (C=O) groups is 2. The topological polar surface area (TPSA) is 58.2 Å². The Morgan fingerprint density at radius 1 is 0.750 bits per heavy atom. The highest BCUT2D eigenvalue weighted by Gasteiger charge is 2.30. The summed E-state index contributed by atoms with van der Waals surface area (Å²) in [5, 5.41) is 6.11. The average molecular weight is 379 g/mol. The highest BCUT2D eigenvalue weighted by Crippen LogP contribution is 2.33. The molecule has 1 aliphatic rings. The molecule has 1 aliphatic carbocycles. The molecule has 4 heteroatoms. The molecule has 2 aromatic carbocycles. The summed E-state index contributed by atoms with van der Waals surface area (Å²) < 4.78 is 0. The van der Waals surface area contributed by atoms with Gasteiger partial charge in [0, 0.05) is 23.2 Å². The Hall–Kier alpha value is -2.62. The van der Waals surface area contributed by atoms with E-state index in [4.69, 9.17) is 0 Å². The number of nitrogens with one attached hydrogen (secondary N) is 2. The van der Waals surface area contributed by atoms with Gasteiger partial charge in [0.15, 0.2) is 0 Å². The minimum absolute atomic E-state index is 0.0221. The lowest BCUT2D eigenvalue weighted by atomic mass is 9.80. The van der Waals surface area contributed by atoms with Crippen LogP contribution in [0, 0.1) is 11.8 Å². The Morgan fingerprint density at radius 3 is 1.82 bits per heavy atom. The van der Waals surface area contributed by atoms with Crippen molar-refractivity contribution in [3.8, 4) is 0 Å². The van der Waals surface area contributed by atoms with E-state index in [9.17, 15) is 9.59 Å². The lowest BCUT2D eigenvalue weighted by Crippen LogP contribution is -2.32. The fraction of sp³-hybridized carbons (Fsp3) is 0.417. The van der Waals surface area contributed by atoms with E-state index in [1.807, 2.05) is 48.5 Å². The van der Waals surface area contributed by atoms with E-state index < -0.39 is 0 Å². The van der Waals surface area contributed by atoms with Crippen LogP contribution < -0.4 is 10.6 Å². The summed E-state index contributed by atoms with van der Waals surface area (Å²) in [7, 11) is 0. The van der Waals surface area contributed by atoms with Crippen LogP contribution in [0.1, 0.15) is 52.0 Å². The van der Waals surface area contributed by atoms with Gasteiger partial charge in [-0.2, -0.15) is 0 Å². The lowest BCUT2D eigenvalue weighted by molar-refractivity contribution is -0.125. The monoisotopic (exact) mass is 378 g/mol. The van der Waals surface area contributed by atoms with Gasteiger partial charge in [0.25, 0.3) is 0 Å². The van der Waals surface area contributed by atoms with Crippen molar-refractivity contribution in [3.63, 3.8) is 0 Å². The van der Waals surface area contributed by atoms with Crippen LogP contribution in [0.25, 0.3) is 0 Å². The first-order valence-electron chi connectivity index (χ1n) is 10.1. The minimum atomic E-state index is -0.0335. The molecule has 0 radical (unpaired) electrons. The maximum atomic E-state index is 12.8. The van der Waals surface area contributed by atoms with E-state index >= 15 is 0 Å². The van der Waals surface area contributed by atoms with Gasteiger partial charge < -0.3 is 10.6 Å². The van der Waals surface area contributed by atoms with Crippen molar-refractivity contribution < 1.29 is 9.59 Å². The number of carbonyl (C=O) groups excluding carboxylic acids is 2. The Bertz CT molecular complexity index is 816. The molecule has 0 bridgehead atoms. The third kappa shape index (κ3) is 5.00. The fourth-order valence-corrected chi connectivity index (χ4v) is 3.86. The fourth-order valence-electron chi connectivity index (χ4n) is 3.86. The van der Waals surface area contributed by atoms with Crippen LogP contribution >= 0.6 is 0 Å². The molecule has 3 rings (SSSR count). The van der Waals surface area contributed by atoms with Gasteiger partial charge in [-0.15, -0.1) is 0 Å². The minimum Gasteiger partial charge on any atom is -0.326 e. The van der Waals surface area contributed by atoms with E-state index in [-0.39, 0.29) is 29.1 Å². The molecule has 28 heavy (non-hydrogen) atoms. The summed E-state index contributed by atoms with van der Waals surface area (Å²) in [6.07, 6.45) is 2.99. The van der Waals surface area contributed by atoms with Crippen LogP contribution in [0.15, 0.2) is 54.6 Å². The second-order valence-corrected chi connectivity index (χ2v) is 8.69. The maximum Gasteiger partial charge on any atom is 0.227 e. The van der Waals surface area contributed by atoms with Gasteiger partial charge in [0.2, 0.25) is 11.8 Å². The van der Waals surface area contributed by atoms with E-state index in [1.54, 1.807) is 0 Å². The number of benzene rings is 2. The standard InChI is InChI=1S/C24H30N2O2/c1-24(2,3)20-11-7-8-12-21(20)26-23(28)18-15-13-17(14-16-18)22(27)25-19-9-5-4-6-10-19/h4-12,17-18H,13-16H2,1-3H3,(H,25,27)(H,26,28). The molecule has 2 amide bonds. The van der Waals surface area contributed by atoms with Gasteiger partial charge in [-0.3, -0.25) is 9.59 Å². The van der Waals surface area contributed by atoms with Crippen molar-refractivity contribution in [1.82, 2.24) is 0 Å². The molecule has 148 valence electrons. The predicted molar refractivity (Wildman–Crippen MR) is 114 cm³/mol. The Kier molecular flexibility index (Phi) is 6.18. The number of anilines is 2. The first-order chi connectivity index (χ1) is 13.3. The van der Waals surface area contributed by atoms with E-state index in [2.05, 4.69) is 37.5 Å². The number of para-hydroxylation sites is 2. The summed E-state index contributed by atoms with van der Waals surface area (Å²) in [5.41, 5.74) is 2.83. The van der Waals surface area contributed by atoms with Crippen molar-refractivity contribution in [3.05, 3.63) is 60.2 Å². The SMILES string of the molecule is CC(C)(C)c1ccccc1NC(=O)C1CCC(C(=O)Nc2ccccc2)CC1. The van der Waals surface area contributed by atoms with Crippen LogP contribution in [0.5, 0.6) is 0 Å². The molecule has 0 saturated heterocycles. The van der Waals surface area contributed by atoms with E-state index in [1.165, 1.54) is 0 Å².